The molecule has 0 saturated heterocycles. The third-order valence-corrected chi connectivity index (χ3v) is 4.07. The smallest absolute Gasteiger partial charge is 0.225 e. The van der Waals surface area contributed by atoms with E-state index in [4.69, 9.17) is 5.73 Å². The number of thiophene rings is 1. The number of carbonyl (C=O) groups excluding carboxylic acids is 1. The first-order valence-electron chi connectivity index (χ1n) is 5.95. The van der Waals surface area contributed by atoms with Crippen molar-refractivity contribution in [3.8, 4) is 10.6 Å². The molecule has 0 aliphatic carbocycles. The molecule has 102 valence electrons. The molecule has 4 nitrogen and oxygen atoms in total. The molecule has 0 spiro atoms. The molecular formula is C13H17N3OS2. The zero-order chi connectivity index (χ0) is 14.0. The van der Waals surface area contributed by atoms with Gasteiger partial charge in [-0.1, -0.05) is 6.07 Å². The molecule has 0 unspecified atom stereocenters. The van der Waals surface area contributed by atoms with Gasteiger partial charge in [-0.3, -0.25) is 4.79 Å². The monoisotopic (exact) mass is 295 g/mol. The Kier molecular flexibility index (Phi) is 3.91. The average molecular weight is 295 g/mol. The summed E-state index contributed by atoms with van der Waals surface area (Å²) in [7, 11) is 0. The number of aromatic nitrogens is 1. The number of nitrogens with one attached hydrogen (secondary N) is 1. The number of thiazole rings is 1. The van der Waals surface area contributed by atoms with Crippen molar-refractivity contribution in [2.24, 2.45) is 0 Å². The van der Waals surface area contributed by atoms with Crippen LogP contribution in [0.15, 0.2) is 17.5 Å². The lowest BCUT2D eigenvalue weighted by Crippen LogP contribution is -2.41. The van der Waals surface area contributed by atoms with Crippen molar-refractivity contribution in [3.63, 3.8) is 0 Å². The minimum atomic E-state index is -0.226. The zero-order valence-electron chi connectivity index (χ0n) is 11.2. The summed E-state index contributed by atoms with van der Waals surface area (Å²) >= 11 is 2.98. The number of rotatable bonds is 3. The SMILES string of the molecule is CC(C)(C)NC(=O)Cc1sc(N)nc1-c1cccs1. The van der Waals surface area contributed by atoms with E-state index in [1.165, 1.54) is 11.3 Å². The number of anilines is 1. The summed E-state index contributed by atoms with van der Waals surface area (Å²) < 4.78 is 0. The van der Waals surface area contributed by atoms with E-state index in [9.17, 15) is 4.79 Å². The van der Waals surface area contributed by atoms with Gasteiger partial charge >= 0.3 is 0 Å². The molecule has 2 aromatic heterocycles. The molecule has 0 radical (unpaired) electrons. The highest BCUT2D eigenvalue weighted by Gasteiger charge is 2.19. The van der Waals surface area contributed by atoms with E-state index in [0.29, 0.717) is 11.6 Å². The maximum Gasteiger partial charge on any atom is 0.225 e. The molecule has 0 saturated carbocycles. The van der Waals surface area contributed by atoms with E-state index >= 15 is 0 Å². The second kappa shape index (κ2) is 5.30. The second-order valence-electron chi connectivity index (χ2n) is 5.28. The molecular weight excluding hydrogens is 278 g/mol. The molecule has 0 aromatic carbocycles. The van der Waals surface area contributed by atoms with E-state index in [1.807, 2.05) is 38.3 Å². The molecule has 2 rings (SSSR count). The highest BCUT2D eigenvalue weighted by molar-refractivity contribution is 7.17. The highest BCUT2D eigenvalue weighted by atomic mass is 32.1. The first-order chi connectivity index (χ1) is 8.85. The van der Waals surface area contributed by atoms with Crippen molar-refractivity contribution in [2.45, 2.75) is 32.7 Å². The van der Waals surface area contributed by atoms with E-state index < -0.39 is 0 Å². The van der Waals surface area contributed by atoms with Gasteiger partial charge in [0.05, 0.1) is 17.0 Å². The van der Waals surface area contributed by atoms with Gasteiger partial charge in [0.15, 0.2) is 5.13 Å². The summed E-state index contributed by atoms with van der Waals surface area (Å²) in [5.74, 6) is -0.00560. The summed E-state index contributed by atoms with van der Waals surface area (Å²) in [6.07, 6.45) is 0.319. The molecule has 0 fully saturated rings. The van der Waals surface area contributed by atoms with Crippen molar-refractivity contribution < 1.29 is 4.79 Å². The lowest BCUT2D eigenvalue weighted by molar-refractivity contribution is -0.121. The predicted octanol–water partition coefficient (Wildman–Crippen LogP) is 2.91. The third-order valence-electron chi connectivity index (χ3n) is 2.30. The van der Waals surface area contributed by atoms with Crippen LogP contribution in [0.25, 0.3) is 10.6 Å². The van der Waals surface area contributed by atoms with Crippen LogP contribution < -0.4 is 11.1 Å². The molecule has 0 bridgehead atoms. The topological polar surface area (TPSA) is 68.0 Å². The standard InChI is InChI=1S/C13H17N3OS2/c1-13(2,3)16-10(17)7-9-11(15-12(14)19-9)8-5-4-6-18-8/h4-6H,7H2,1-3H3,(H2,14,15)(H,16,17). The normalized spacial score (nSPS) is 11.5. The summed E-state index contributed by atoms with van der Waals surface area (Å²) in [4.78, 5) is 18.3. The maximum absolute atomic E-state index is 12.0. The number of amides is 1. The number of hydrogen-bond donors (Lipinski definition) is 2. The van der Waals surface area contributed by atoms with Crippen molar-refractivity contribution >= 4 is 33.7 Å². The fourth-order valence-corrected chi connectivity index (χ4v) is 3.35. The van der Waals surface area contributed by atoms with Gasteiger partial charge in [-0.25, -0.2) is 4.98 Å². The fraction of sp³-hybridized carbons (Fsp3) is 0.385. The fourth-order valence-electron chi connectivity index (χ4n) is 1.70. The number of hydrogen-bond acceptors (Lipinski definition) is 5. The number of nitrogens with two attached hydrogens (primary N) is 1. The first kappa shape index (κ1) is 14.0. The van der Waals surface area contributed by atoms with Crippen LogP contribution in [0.2, 0.25) is 0 Å². The summed E-state index contributed by atoms with van der Waals surface area (Å²) in [6, 6.07) is 3.96. The molecule has 3 N–H and O–H groups in total. The van der Waals surface area contributed by atoms with Crippen LogP contribution in [0, 0.1) is 0 Å². The van der Waals surface area contributed by atoms with E-state index in [1.54, 1.807) is 11.3 Å². The van der Waals surface area contributed by atoms with Crippen molar-refractivity contribution in [2.75, 3.05) is 5.73 Å². The molecule has 6 heteroatoms. The van der Waals surface area contributed by atoms with Gasteiger partial charge in [-0.05, 0) is 32.2 Å². The largest absolute Gasteiger partial charge is 0.375 e. The number of nitrogens with zero attached hydrogens (tertiary/aromatic N) is 1. The van der Waals surface area contributed by atoms with Crippen LogP contribution in [-0.4, -0.2) is 16.4 Å². The van der Waals surface area contributed by atoms with E-state index in [2.05, 4.69) is 10.3 Å². The lowest BCUT2D eigenvalue weighted by Gasteiger charge is -2.20. The second-order valence-corrected chi connectivity index (χ2v) is 7.34. The Labute approximate surface area is 120 Å². The van der Waals surface area contributed by atoms with Crippen LogP contribution in [0.4, 0.5) is 5.13 Å². The van der Waals surface area contributed by atoms with Crippen molar-refractivity contribution in [1.29, 1.82) is 0 Å². The lowest BCUT2D eigenvalue weighted by atomic mass is 10.1. The zero-order valence-corrected chi connectivity index (χ0v) is 12.8. The van der Waals surface area contributed by atoms with E-state index in [-0.39, 0.29) is 11.4 Å². The number of carbonyl (C=O) groups is 1. The van der Waals surface area contributed by atoms with Crippen molar-refractivity contribution in [3.05, 3.63) is 22.4 Å². The predicted molar refractivity (Wildman–Crippen MR) is 81.4 cm³/mol. The highest BCUT2D eigenvalue weighted by Crippen LogP contribution is 2.32. The van der Waals surface area contributed by atoms with Gasteiger partial charge < -0.3 is 11.1 Å². The minimum Gasteiger partial charge on any atom is -0.375 e. The summed E-state index contributed by atoms with van der Waals surface area (Å²) in [5.41, 5.74) is 6.38. The maximum atomic E-state index is 12.0. The van der Waals surface area contributed by atoms with Gasteiger partial charge in [-0.15, -0.1) is 22.7 Å². The van der Waals surface area contributed by atoms with Crippen LogP contribution >= 0.6 is 22.7 Å². The van der Waals surface area contributed by atoms with Crippen LogP contribution in [0.5, 0.6) is 0 Å². The average Bonchev–Trinajstić information content (AvgIpc) is 2.83. The van der Waals surface area contributed by atoms with Gasteiger partial charge in [0, 0.05) is 10.4 Å². The van der Waals surface area contributed by atoms with Crippen molar-refractivity contribution in [1.82, 2.24) is 10.3 Å². The Balaban J connectivity index is 2.19. The molecule has 19 heavy (non-hydrogen) atoms. The van der Waals surface area contributed by atoms with Gasteiger partial charge in [-0.2, -0.15) is 0 Å². The Morgan fingerprint density at radius 1 is 1.47 bits per heavy atom. The van der Waals surface area contributed by atoms with Crippen LogP contribution in [0.3, 0.4) is 0 Å². The quantitative estimate of drug-likeness (QED) is 0.915. The Morgan fingerprint density at radius 2 is 2.21 bits per heavy atom. The Morgan fingerprint density at radius 3 is 2.79 bits per heavy atom. The van der Waals surface area contributed by atoms with Gasteiger partial charge in [0.25, 0.3) is 0 Å². The molecule has 2 heterocycles. The molecule has 0 aliphatic rings. The third kappa shape index (κ3) is 3.78. The first-order valence-corrected chi connectivity index (χ1v) is 7.65. The Hall–Kier alpha value is -1.40. The minimum absolute atomic E-state index is 0.00560. The number of nitrogen functional groups attached to an aromatic ring is 1. The van der Waals surface area contributed by atoms with Gasteiger partial charge in [0.1, 0.15) is 0 Å². The van der Waals surface area contributed by atoms with Gasteiger partial charge in [0.2, 0.25) is 5.91 Å². The Bertz CT molecular complexity index is 567. The molecule has 0 aliphatic heterocycles. The van der Waals surface area contributed by atoms with Crippen LogP contribution in [-0.2, 0) is 11.2 Å². The van der Waals surface area contributed by atoms with E-state index in [0.717, 1.165) is 15.4 Å². The summed E-state index contributed by atoms with van der Waals surface area (Å²) in [6.45, 7) is 5.89. The van der Waals surface area contributed by atoms with Crippen LogP contribution in [0.1, 0.15) is 25.6 Å². The molecule has 2 aromatic rings. The molecule has 1 amide bonds. The summed E-state index contributed by atoms with van der Waals surface area (Å²) in [5, 5.41) is 5.44. The molecule has 0 atom stereocenters.